The molecule has 5 aliphatic rings. The van der Waals surface area contributed by atoms with Crippen molar-refractivity contribution in [2.45, 2.75) is 74.8 Å². The largest absolute Gasteiger partial charge is 0.492 e. The molecule has 210 valence electrons. The molecule has 0 radical (unpaired) electrons. The number of carbonyl (C=O) groups excluding carboxylic acids is 2. The van der Waals surface area contributed by atoms with Gasteiger partial charge in [-0.25, -0.2) is 0 Å². The minimum atomic E-state index is -1.25. The molecule has 14 nitrogen and oxygen atoms in total. The lowest BCUT2D eigenvalue weighted by Gasteiger charge is -2.49. The van der Waals surface area contributed by atoms with Gasteiger partial charge in [-0.05, 0) is 30.7 Å². The van der Waals surface area contributed by atoms with E-state index in [0.29, 0.717) is 11.8 Å². The van der Waals surface area contributed by atoms with Gasteiger partial charge in [0.05, 0.1) is 18.1 Å². The quantitative estimate of drug-likeness (QED) is 0.217. The zero-order valence-corrected chi connectivity index (χ0v) is 21.6. The van der Waals surface area contributed by atoms with E-state index in [1.54, 1.807) is 4.90 Å². The van der Waals surface area contributed by atoms with Crippen LogP contribution in [0.25, 0.3) is 0 Å². The van der Waals surface area contributed by atoms with Crippen molar-refractivity contribution in [3.05, 3.63) is 17.8 Å². The minimum absolute atomic E-state index is 0.00872. The molecule has 39 heavy (non-hydrogen) atoms. The van der Waals surface area contributed by atoms with Gasteiger partial charge in [0, 0.05) is 25.1 Å². The predicted octanol–water partition coefficient (Wildman–Crippen LogP) is -1.22. The van der Waals surface area contributed by atoms with Gasteiger partial charge in [0.15, 0.2) is 23.3 Å². The highest BCUT2D eigenvalue weighted by Crippen LogP contribution is 2.44. The first-order valence-electron chi connectivity index (χ1n) is 13.8. The van der Waals surface area contributed by atoms with Crippen LogP contribution in [0.1, 0.15) is 55.4 Å². The lowest BCUT2D eigenvalue weighted by molar-refractivity contribution is -0.131. The van der Waals surface area contributed by atoms with E-state index in [0.717, 1.165) is 25.7 Å². The third kappa shape index (κ3) is 4.30. The highest BCUT2D eigenvalue weighted by atomic mass is 16.3. The molecule has 2 amide bonds. The van der Waals surface area contributed by atoms with Crippen LogP contribution >= 0.6 is 0 Å². The number of hydrogen-bond donors (Lipinski definition) is 9. The maximum Gasteiger partial charge on any atom is 0.271 e. The number of guanidine groups is 2. The number of hydrogen-bond acceptors (Lipinski definition) is 8. The Labute approximate surface area is 225 Å². The van der Waals surface area contributed by atoms with Gasteiger partial charge >= 0.3 is 0 Å². The van der Waals surface area contributed by atoms with Crippen molar-refractivity contribution in [3.8, 4) is 5.88 Å². The number of nitrogens with zero attached hydrogens (tertiary/aromatic N) is 3. The first kappa shape index (κ1) is 25.6. The smallest absolute Gasteiger partial charge is 0.271 e. The van der Waals surface area contributed by atoms with E-state index < -0.39 is 35.8 Å². The summed E-state index contributed by atoms with van der Waals surface area (Å²) in [7, 11) is 0. The van der Waals surface area contributed by atoms with Crippen LogP contribution in [0.4, 0.5) is 0 Å². The third-order valence-electron chi connectivity index (χ3n) is 9.36. The van der Waals surface area contributed by atoms with Crippen molar-refractivity contribution in [3.63, 3.8) is 0 Å². The first-order chi connectivity index (χ1) is 18.8. The maximum atomic E-state index is 13.5. The summed E-state index contributed by atoms with van der Waals surface area (Å²) in [4.78, 5) is 27.8. The van der Waals surface area contributed by atoms with E-state index in [9.17, 15) is 19.8 Å². The number of fused-ring (bicyclic) bond motifs is 1. The van der Waals surface area contributed by atoms with Gasteiger partial charge in [-0.1, -0.05) is 32.1 Å². The number of aromatic hydroxyl groups is 1. The van der Waals surface area contributed by atoms with Crippen LogP contribution in [0.15, 0.2) is 12.1 Å². The maximum absolute atomic E-state index is 13.5. The fourth-order valence-corrected chi connectivity index (χ4v) is 7.59. The van der Waals surface area contributed by atoms with Gasteiger partial charge in [0.2, 0.25) is 11.8 Å². The highest BCUT2D eigenvalue weighted by molar-refractivity contribution is 5.92. The molecule has 1 spiro atoms. The number of carbonyl (C=O) groups is 2. The average Bonchev–Trinajstić information content (AvgIpc) is 3.43. The summed E-state index contributed by atoms with van der Waals surface area (Å²) in [5, 5.41) is 60.2. The van der Waals surface area contributed by atoms with Crippen LogP contribution in [0, 0.1) is 28.6 Å². The van der Waals surface area contributed by atoms with Crippen molar-refractivity contribution in [1.29, 1.82) is 10.8 Å². The van der Waals surface area contributed by atoms with Crippen LogP contribution in [-0.2, 0) is 4.79 Å². The molecule has 8 atom stereocenters. The Morgan fingerprint density at radius 1 is 1.10 bits per heavy atom. The summed E-state index contributed by atoms with van der Waals surface area (Å²) in [6.45, 7) is 0.265. The number of aliphatic hydroxyl groups is 1. The van der Waals surface area contributed by atoms with Crippen molar-refractivity contribution in [2.75, 3.05) is 13.1 Å². The highest BCUT2D eigenvalue weighted by Gasteiger charge is 2.66. The van der Waals surface area contributed by atoms with E-state index >= 15 is 0 Å². The Morgan fingerprint density at radius 2 is 1.90 bits per heavy atom. The monoisotopic (exact) mass is 540 g/mol. The lowest BCUT2D eigenvalue weighted by atomic mass is 9.65. The van der Waals surface area contributed by atoms with E-state index in [1.807, 2.05) is 0 Å². The molecular weight excluding hydrogens is 504 g/mol. The van der Waals surface area contributed by atoms with Crippen molar-refractivity contribution in [2.24, 2.45) is 17.8 Å². The van der Waals surface area contributed by atoms with Crippen LogP contribution in [0.5, 0.6) is 5.88 Å². The van der Waals surface area contributed by atoms with Crippen molar-refractivity contribution >= 4 is 23.7 Å². The van der Waals surface area contributed by atoms with E-state index in [2.05, 4.69) is 36.8 Å². The number of aliphatic hydroxyl groups excluding tert-OH is 1. The molecule has 14 heteroatoms. The molecule has 2 aliphatic carbocycles. The van der Waals surface area contributed by atoms with E-state index in [-0.39, 0.29) is 48.4 Å². The first-order valence-corrected chi connectivity index (χ1v) is 13.8. The molecule has 4 heterocycles. The number of aromatic nitrogens is 2. The minimum Gasteiger partial charge on any atom is -0.492 e. The van der Waals surface area contributed by atoms with Crippen LogP contribution in [0.2, 0.25) is 0 Å². The van der Waals surface area contributed by atoms with Crippen LogP contribution in [-0.4, -0.2) is 92.0 Å². The number of nitrogens with one attached hydrogen (secondary N) is 7. The molecule has 0 bridgehead atoms. The average molecular weight is 541 g/mol. The molecule has 3 aliphatic heterocycles. The van der Waals surface area contributed by atoms with Gasteiger partial charge in [-0.15, -0.1) is 10.2 Å². The topological polar surface area (TPSA) is 211 Å². The Bertz CT molecular complexity index is 1160. The summed E-state index contributed by atoms with van der Waals surface area (Å²) < 4.78 is 0. The molecule has 5 fully saturated rings. The number of rotatable bonds is 5. The molecule has 3 saturated heterocycles. The van der Waals surface area contributed by atoms with Crippen LogP contribution in [0.3, 0.4) is 0 Å². The molecule has 1 aromatic rings. The zero-order chi connectivity index (χ0) is 27.3. The second-order valence-electron chi connectivity index (χ2n) is 11.4. The van der Waals surface area contributed by atoms with Crippen molar-refractivity contribution < 1.29 is 19.8 Å². The third-order valence-corrected chi connectivity index (χ3v) is 9.36. The predicted molar refractivity (Wildman–Crippen MR) is 139 cm³/mol. The molecule has 1 aromatic heterocycles. The molecule has 0 aromatic carbocycles. The lowest BCUT2D eigenvalue weighted by Crippen LogP contribution is -2.78. The van der Waals surface area contributed by atoms with Crippen LogP contribution < -0.4 is 26.6 Å². The summed E-state index contributed by atoms with van der Waals surface area (Å²) in [5.74, 6) is 0.124. The van der Waals surface area contributed by atoms with Gasteiger partial charge in [-0.2, -0.15) is 0 Å². The molecule has 9 N–H and O–H groups in total. The normalized spacial score (nSPS) is 36.9. The second-order valence-corrected chi connectivity index (χ2v) is 11.4. The number of amides is 2. The molecule has 6 rings (SSSR count). The Kier molecular flexibility index (Phi) is 6.44. The molecular formula is C25H36N10O4. The summed E-state index contributed by atoms with van der Waals surface area (Å²) >= 11 is 0. The second kappa shape index (κ2) is 9.81. The SMILES string of the molecule is N=C1N[C@H]2[C@H](CNC(=O)c3ccc(O)nn3)NC(=N)N3CC(NC(=O)C4CCCC5CCCCC54)[C@@H](O)C23N1. The van der Waals surface area contributed by atoms with Gasteiger partial charge < -0.3 is 41.7 Å². The van der Waals surface area contributed by atoms with Crippen molar-refractivity contribution in [1.82, 2.24) is 41.7 Å². The van der Waals surface area contributed by atoms with Gasteiger partial charge in [0.1, 0.15) is 6.10 Å². The van der Waals surface area contributed by atoms with E-state index in [4.69, 9.17) is 10.8 Å². The Hall–Kier alpha value is -3.68. The standard InChI is InChI=1S/C25H36N10O4/c26-23-31-19-16(10-28-22(39)15-8-9-18(36)34-33-15)30-24(27)35-11-17(20(37)25(19,35)32-23)29-21(38)14-7-3-5-12-4-1-2-6-13(12)14/h8-9,12-14,16-17,19-20,37H,1-7,10-11H2,(H2,27,30)(H,28,39)(H,29,38)(H,34,36)(H3,26,31,32)/t12?,13?,14?,16-,17?,19-,20+,25?/m0/s1. The Balaban J connectivity index is 1.17. The summed E-state index contributed by atoms with van der Waals surface area (Å²) in [6.07, 6.45) is 6.65. The summed E-state index contributed by atoms with van der Waals surface area (Å²) in [6, 6.07) is 0.811. The molecule has 2 saturated carbocycles. The fraction of sp³-hybridized carbons (Fsp3) is 0.680. The fourth-order valence-electron chi connectivity index (χ4n) is 7.59. The van der Waals surface area contributed by atoms with E-state index in [1.165, 1.54) is 31.4 Å². The Morgan fingerprint density at radius 3 is 2.69 bits per heavy atom. The molecule has 5 unspecified atom stereocenters. The zero-order valence-electron chi connectivity index (χ0n) is 21.6. The van der Waals surface area contributed by atoms with Gasteiger partial charge in [-0.3, -0.25) is 20.4 Å². The van der Waals surface area contributed by atoms with Gasteiger partial charge in [0.25, 0.3) is 5.91 Å². The summed E-state index contributed by atoms with van der Waals surface area (Å²) in [5.41, 5.74) is -1.22.